The number of hydrogen-bond donors (Lipinski definition) is 0. The van der Waals surface area contributed by atoms with E-state index in [-0.39, 0.29) is 0 Å². The molecule has 0 bridgehead atoms. The van der Waals surface area contributed by atoms with Crippen molar-refractivity contribution in [2.45, 2.75) is 6.54 Å². The maximum absolute atomic E-state index is 5.31. The minimum atomic E-state index is 0.678. The molecule has 1 fully saturated rings. The molecule has 94 valence electrons. The largest absolute Gasteiger partial charge is 0.338 e. The molecule has 1 aromatic carbocycles. The first-order valence-corrected chi connectivity index (χ1v) is 7.25. The third-order valence-electron chi connectivity index (χ3n) is 2.96. The summed E-state index contributed by atoms with van der Waals surface area (Å²) in [4.78, 5) is 6.81. The van der Waals surface area contributed by atoms with Gasteiger partial charge in [-0.3, -0.25) is 4.90 Å². The Balaban J connectivity index is 1.69. The minimum absolute atomic E-state index is 0.678. The molecule has 0 N–H and O–H groups in total. The van der Waals surface area contributed by atoms with E-state index in [0.717, 1.165) is 25.2 Å². The average molecular weight is 261 g/mol. The molecule has 0 aliphatic carbocycles. The standard InChI is InChI=1S/C13H15N3OS/c1-2-4-11(5-3-1)13-14-12(17-15-13)10-16-6-8-18-9-7-16/h1-5H,6-10H2. The quantitative estimate of drug-likeness (QED) is 0.848. The van der Waals surface area contributed by atoms with Crippen molar-refractivity contribution in [1.82, 2.24) is 15.0 Å². The van der Waals surface area contributed by atoms with Crippen molar-refractivity contribution < 1.29 is 4.52 Å². The summed E-state index contributed by atoms with van der Waals surface area (Å²) in [6.07, 6.45) is 0. The van der Waals surface area contributed by atoms with Crippen LogP contribution >= 0.6 is 11.8 Å². The van der Waals surface area contributed by atoms with Crippen LogP contribution in [0.5, 0.6) is 0 Å². The Kier molecular flexibility index (Phi) is 3.61. The summed E-state index contributed by atoms with van der Waals surface area (Å²) in [5, 5.41) is 4.03. The molecule has 1 aliphatic rings. The van der Waals surface area contributed by atoms with Crippen LogP contribution in [-0.2, 0) is 6.54 Å². The lowest BCUT2D eigenvalue weighted by atomic mass is 10.2. The number of rotatable bonds is 3. The summed E-state index contributed by atoms with van der Waals surface area (Å²) < 4.78 is 5.31. The van der Waals surface area contributed by atoms with E-state index in [1.807, 2.05) is 42.1 Å². The van der Waals surface area contributed by atoms with Gasteiger partial charge in [0.2, 0.25) is 11.7 Å². The van der Waals surface area contributed by atoms with Gasteiger partial charge in [-0.15, -0.1) is 0 Å². The van der Waals surface area contributed by atoms with Crippen LogP contribution in [0.15, 0.2) is 34.9 Å². The lowest BCUT2D eigenvalue weighted by Gasteiger charge is -2.24. The summed E-state index contributed by atoms with van der Waals surface area (Å²) in [6, 6.07) is 9.93. The number of benzene rings is 1. The third-order valence-corrected chi connectivity index (χ3v) is 3.91. The van der Waals surface area contributed by atoms with Crippen molar-refractivity contribution in [3.8, 4) is 11.4 Å². The second-order valence-corrected chi connectivity index (χ2v) is 5.49. The minimum Gasteiger partial charge on any atom is -0.338 e. The molecule has 0 amide bonds. The Hall–Kier alpha value is -1.33. The lowest BCUT2D eigenvalue weighted by molar-refractivity contribution is 0.245. The van der Waals surface area contributed by atoms with Gasteiger partial charge in [0.05, 0.1) is 6.54 Å². The first-order chi connectivity index (χ1) is 8.92. The van der Waals surface area contributed by atoms with E-state index >= 15 is 0 Å². The maximum atomic E-state index is 5.31. The fraction of sp³-hybridized carbons (Fsp3) is 0.385. The normalized spacial score (nSPS) is 16.9. The SMILES string of the molecule is c1ccc(-c2noc(CN3CCSCC3)n2)cc1. The molecular weight excluding hydrogens is 246 g/mol. The van der Waals surface area contributed by atoms with Crippen LogP contribution in [0.1, 0.15) is 5.89 Å². The van der Waals surface area contributed by atoms with E-state index in [0.29, 0.717) is 11.7 Å². The molecule has 0 spiro atoms. The van der Waals surface area contributed by atoms with Gasteiger partial charge in [0.15, 0.2) is 0 Å². The Morgan fingerprint density at radius 2 is 1.94 bits per heavy atom. The first kappa shape index (κ1) is 11.7. The van der Waals surface area contributed by atoms with E-state index in [1.54, 1.807) is 0 Å². The Morgan fingerprint density at radius 3 is 2.72 bits per heavy atom. The Bertz CT molecular complexity index is 494. The second kappa shape index (κ2) is 5.54. The van der Waals surface area contributed by atoms with Crippen molar-refractivity contribution >= 4 is 11.8 Å². The molecule has 5 heteroatoms. The predicted molar refractivity (Wildman–Crippen MR) is 72.3 cm³/mol. The lowest BCUT2D eigenvalue weighted by Crippen LogP contribution is -2.32. The Morgan fingerprint density at radius 1 is 1.17 bits per heavy atom. The monoisotopic (exact) mass is 261 g/mol. The number of thioether (sulfide) groups is 1. The van der Waals surface area contributed by atoms with Gasteiger partial charge in [-0.25, -0.2) is 0 Å². The zero-order valence-corrected chi connectivity index (χ0v) is 10.9. The van der Waals surface area contributed by atoms with Crippen molar-refractivity contribution in [2.24, 2.45) is 0 Å². The van der Waals surface area contributed by atoms with Crippen LogP contribution in [0.2, 0.25) is 0 Å². The van der Waals surface area contributed by atoms with Crippen LogP contribution in [-0.4, -0.2) is 39.6 Å². The van der Waals surface area contributed by atoms with Crippen molar-refractivity contribution in [3.63, 3.8) is 0 Å². The van der Waals surface area contributed by atoms with Crippen LogP contribution in [0.25, 0.3) is 11.4 Å². The molecule has 0 unspecified atom stereocenters. The zero-order chi connectivity index (χ0) is 12.2. The first-order valence-electron chi connectivity index (χ1n) is 6.10. The molecule has 0 radical (unpaired) electrons. The van der Waals surface area contributed by atoms with Gasteiger partial charge in [-0.1, -0.05) is 35.5 Å². The molecule has 4 nitrogen and oxygen atoms in total. The molecule has 0 saturated carbocycles. The highest BCUT2D eigenvalue weighted by atomic mass is 32.2. The fourth-order valence-corrected chi connectivity index (χ4v) is 2.95. The fourth-order valence-electron chi connectivity index (χ4n) is 1.97. The van der Waals surface area contributed by atoms with Crippen LogP contribution in [0, 0.1) is 0 Å². The summed E-state index contributed by atoms with van der Waals surface area (Å²) in [7, 11) is 0. The van der Waals surface area contributed by atoms with Crippen LogP contribution in [0.3, 0.4) is 0 Å². The van der Waals surface area contributed by atoms with E-state index < -0.39 is 0 Å². The van der Waals surface area contributed by atoms with Gasteiger partial charge in [-0.2, -0.15) is 16.7 Å². The molecule has 2 heterocycles. The van der Waals surface area contributed by atoms with Gasteiger partial charge in [0.25, 0.3) is 0 Å². The highest BCUT2D eigenvalue weighted by Gasteiger charge is 2.15. The van der Waals surface area contributed by atoms with Gasteiger partial charge in [-0.05, 0) is 0 Å². The molecule has 1 aromatic heterocycles. The third kappa shape index (κ3) is 2.73. The van der Waals surface area contributed by atoms with E-state index in [4.69, 9.17) is 4.52 Å². The summed E-state index contributed by atoms with van der Waals surface area (Å²) >= 11 is 2.00. The van der Waals surface area contributed by atoms with Crippen LogP contribution in [0.4, 0.5) is 0 Å². The Labute approximate surface area is 110 Å². The molecule has 0 atom stereocenters. The van der Waals surface area contributed by atoms with Gasteiger partial charge in [0, 0.05) is 30.2 Å². The smallest absolute Gasteiger partial charge is 0.241 e. The maximum Gasteiger partial charge on any atom is 0.241 e. The number of nitrogens with zero attached hydrogens (tertiary/aromatic N) is 3. The molecule has 1 aliphatic heterocycles. The second-order valence-electron chi connectivity index (χ2n) is 4.27. The van der Waals surface area contributed by atoms with E-state index in [9.17, 15) is 0 Å². The predicted octanol–water partition coefficient (Wildman–Crippen LogP) is 2.29. The highest BCUT2D eigenvalue weighted by Crippen LogP contribution is 2.17. The summed E-state index contributed by atoms with van der Waals surface area (Å²) in [6.45, 7) is 2.97. The molecular formula is C13H15N3OS. The van der Waals surface area contributed by atoms with Crippen LogP contribution < -0.4 is 0 Å². The average Bonchev–Trinajstić information content (AvgIpc) is 2.89. The van der Waals surface area contributed by atoms with Gasteiger partial charge < -0.3 is 4.52 Å². The van der Waals surface area contributed by atoms with E-state index in [2.05, 4.69) is 15.0 Å². The molecule has 3 rings (SSSR count). The molecule has 2 aromatic rings. The number of aromatic nitrogens is 2. The molecule has 18 heavy (non-hydrogen) atoms. The topological polar surface area (TPSA) is 42.2 Å². The molecule has 1 saturated heterocycles. The number of hydrogen-bond acceptors (Lipinski definition) is 5. The van der Waals surface area contributed by atoms with E-state index in [1.165, 1.54) is 11.5 Å². The van der Waals surface area contributed by atoms with Crippen molar-refractivity contribution in [2.75, 3.05) is 24.6 Å². The van der Waals surface area contributed by atoms with Gasteiger partial charge in [0.1, 0.15) is 0 Å². The summed E-state index contributed by atoms with van der Waals surface area (Å²) in [5.74, 6) is 3.78. The summed E-state index contributed by atoms with van der Waals surface area (Å²) in [5.41, 5.74) is 1.00. The van der Waals surface area contributed by atoms with Crippen molar-refractivity contribution in [1.29, 1.82) is 0 Å². The van der Waals surface area contributed by atoms with Crippen molar-refractivity contribution in [3.05, 3.63) is 36.2 Å². The highest BCUT2D eigenvalue weighted by molar-refractivity contribution is 7.99. The van der Waals surface area contributed by atoms with Gasteiger partial charge >= 0.3 is 0 Å². The zero-order valence-electron chi connectivity index (χ0n) is 10.1.